The summed E-state index contributed by atoms with van der Waals surface area (Å²) in [6.07, 6.45) is 4.26. The van der Waals surface area contributed by atoms with E-state index in [1.807, 2.05) is 12.3 Å². The molecule has 0 aliphatic carbocycles. The number of aromatic nitrogens is 3. The summed E-state index contributed by atoms with van der Waals surface area (Å²) in [5.74, 6) is 1.27. The Balaban J connectivity index is 2.22. The van der Waals surface area contributed by atoms with E-state index in [0.29, 0.717) is 11.1 Å². The molecule has 1 aliphatic heterocycles. The van der Waals surface area contributed by atoms with Gasteiger partial charge in [0.2, 0.25) is 0 Å². The van der Waals surface area contributed by atoms with E-state index >= 15 is 0 Å². The fourth-order valence-corrected chi connectivity index (χ4v) is 2.78. The van der Waals surface area contributed by atoms with E-state index in [2.05, 4.69) is 33.9 Å². The fraction of sp³-hybridized carbons (Fsp3) is 0.500. The highest BCUT2D eigenvalue weighted by molar-refractivity contribution is 6.30. The molecule has 100 valence electrons. The highest BCUT2D eigenvalue weighted by atomic mass is 35.5. The Morgan fingerprint density at radius 3 is 2.58 bits per heavy atom. The van der Waals surface area contributed by atoms with Crippen LogP contribution in [0.5, 0.6) is 0 Å². The Labute approximate surface area is 117 Å². The molecule has 2 aromatic rings. The molecule has 2 aromatic heterocycles. The van der Waals surface area contributed by atoms with Gasteiger partial charge in [0.15, 0.2) is 5.82 Å². The maximum absolute atomic E-state index is 6.03. The Bertz CT molecular complexity index is 606. The van der Waals surface area contributed by atoms with Crippen molar-refractivity contribution in [2.75, 3.05) is 18.0 Å². The molecule has 0 aromatic carbocycles. The van der Waals surface area contributed by atoms with E-state index in [1.165, 1.54) is 12.8 Å². The predicted molar refractivity (Wildman–Crippen MR) is 77.9 cm³/mol. The van der Waals surface area contributed by atoms with Gasteiger partial charge in [0.1, 0.15) is 5.15 Å². The van der Waals surface area contributed by atoms with Crippen molar-refractivity contribution in [3.8, 4) is 0 Å². The van der Waals surface area contributed by atoms with Crippen LogP contribution in [-0.4, -0.2) is 28.3 Å². The molecule has 1 fully saturated rings. The number of anilines is 1. The topological polar surface area (TPSA) is 41.9 Å². The van der Waals surface area contributed by atoms with Gasteiger partial charge in [0.25, 0.3) is 0 Å². The van der Waals surface area contributed by atoms with E-state index in [1.54, 1.807) is 0 Å². The smallest absolute Gasteiger partial charge is 0.160 e. The molecule has 0 unspecified atom stereocenters. The van der Waals surface area contributed by atoms with Crippen molar-refractivity contribution in [1.82, 2.24) is 15.2 Å². The number of hydrogen-bond donors (Lipinski definition) is 0. The van der Waals surface area contributed by atoms with Gasteiger partial charge in [-0.15, -0.1) is 5.10 Å². The van der Waals surface area contributed by atoms with E-state index in [-0.39, 0.29) is 0 Å². The van der Waals surface area contributed by atoms with Crippen LogP contribution in [0.3, 0.4) is 0 Å². The molecule has 0 radical (unpaired) electrons. The third-order valence-corrected chi connectivity index (χ3v) is 3.80. The molecule has 3 rings (SSSR count). The molecule has 0 spiro atoms. The van der Waals surface area contributed by atoms with Gasteiger partial charge < -0.3 is 4.90 Å². The zero-order chi connectivity index (χ0) is 13.4. The van der Waals surface area contributed by atoms with Crippen LogP contribution in [0, 0.1) is 0 Å². The van der Waals surface area contributed by atoms with E-state index in [0.717, 1.165) is 35.4 Å². The van der Waals surface area contributed by atoms with E-state index < -0.39 is 0 Å². The van der Waals surface area contributed by atoms with Gasteiger partial charge in [-0.25, -0.2) is 4.98 Å². The minimum atomic E-state index is 0.320. The molecule has 3 heterocycles. The van der Waals surface area contributed by atoms with Crippen molar-refractivity contribution >= 4 is 28.2 Å². The lowest BCUT2D eigenvalue weighted by atomic mass is 10.0. The number of pyridine rings is 1. The minimum Gasteiger partial charge on any atom is -0.355 e. The normalized spacial score (nSPS) is 15.7. The van der Waals surface area contributed by atoms with Gasteiger partial charge in [-0.1, -0.05) is 25.4 Å². The maximum Gasteiger partial charge on any atom is 0.160 e. The van der Waals surface area contributed by atoms with Crippen molar-refractivity contribution in [3.63, 3.8) is 0 Å². The third kappa shape index (κ3) is 2.25. The zero-order valence-corrected chi connectivity index (χ0v) is 12.0. The highest BCUT2D eigenvalue weighted by Gasteiger charge is 2.19. The van der Waals surface area contributed by atoms with Crippen molar-refractivity contribution in [2.45, 2.75) is 32.6 Å². The largest absolute Gasteiger partial charge is 0.355 e. The van der Waals surface area contributed by atoms with Crippen molar-refractivity contribution in [1.29, 1.82) is 0 Å². The quantitative estimate of drug-likeness (QED) is 0.789. The average Bonchev–Trinajstić information content (AvgIpc) is 2.90. The van der Waals surface area contributed by atoms with Gasteiger partial charge in [0, 0.05) is 30.1 Å². The zero-order valence-electron chi connectivity index (χ0n) is 11.2. The number of halogens is 1. The Hall–Kier alpha value is -1.42. The molecule has 0 saturated carbocycles. The molecule has 19 heavy (non-hydrogen) atoms. The van der Waals surface area contributed by atoms with Crippen LogP contribution in [0.15, 0.2) is 12.3 Å². The summed E-state index contributed by atoms with van der Waals surface area (Å²) < 4.78 is 0. The van der Waals surface area contributed by atoms with Gasteiger partial charge >= 0.3 is 0 Å². The van der Waals surface area contributed by atoms with Crippen LogP contribution in [0.1, 0.15) is 38.3 Å². The molecule has 4 nitrogen and oxygen atoms in total. The number of nitrogens with zero attached hydrogens (tertiary/aromatic N) is 4. The predicted octanol–water partition coefficient (Wildman–Crippen LogP) is 3.40. The summed E-state index contributed by atoms with van der Waals surface area (Å²) in [5.41, 5.74) is 0.988. The van der Waals surface area contributed by atoms with Crippen molar-refractivity contribution < 1.29 is 0 Å². The minimum absolute atomic E-state index is 0.320. The van der Waals surface area contributed by atoms with Gasteiger partial charge in [-0.3, -0.25) is 0 Å². The summed E-state index contributed by atoms with van der Waals surface area (Å²) in [5, 5.41) is 11.5. The lowest BCUT2D eigenvalue weighted by Gasteiger charge is -2.19. The second-order valence-corrected chi connectivity index (χ2v) is 5.70. The van der Waals surface area contributed by atoms with Crippen molar-refractivity contribution in [2.24, 2.45) is 0 Å². The van der Waals surface area contributed by atoms with Gasteiger partial charge in [0.05, 0.1) is 5.69 Å². The Kier molecular flexibility index (Phi) is 3.27. The summed E-state index contributed by atoms with van der Waals surface area (Å²) in [6.45, 7) is 6.33. The number of rotatable bonds is 2. The van der Waals surface area contributed by atoms with E-state index in [4.69, 9.17) is 11.6 Å². The number of hydrogen-bond acceptors (Lipinski definition) is 4. The number of fused-ring (bicyclic) bond motifs is 1. The lowest BCUT2D eigenvalue weighted by Crippen LogP contribution is -2.20. The highest BCUT2D eigenvalue weighted by Crippen LogP contribution is 2.31. The van der Waals surface area contributed by atoms with Crippen LogP contribution in [0.25, 0.3) is 10.8 Å². The van der Waals surface area contributed by atoms with Crippen LogP contribution in [0.2, 0.25) is 5.15 Å². The monoisotopic (exact) mass is 276 g/mol. The standard InChI is InChI=1S/C14H17ClN4/c1-9(2)13-10-7-12(15)16-8-11(10)14(18-17-13)19-5-3-4-6-19/h7-9H,3-6H2,1-2H3. The first-order valence-electron chi connectivity index (χ1n) is 6.73. The summed E-state index contributed by atoms with van der Waals surface area (Å²) in [4.78, 5) is 6.50. The second kappa shape index (κ2) is 4.93. The summed E-state index contributed by atoms with van der Waals surface area (Å²) in [7, 11) is 0. The molecule has 1 aliphatic rings. The van der Waals surface area contributed by atoms with Gasteiger partial charge in [-0.05, 0) is 24.8 Å². The molecule has 1 saturated heterocycles. The van der Waals surface area contributed by atoms with Crippen LogP contribution < -0.4 is 4.90 Å². The Morgan fingerprint density at radius 2 is 1.89 bits per heavy atom. The SMILES string of the molecule is CC(C)c1nnc(N2CCCC2)c2cnc(Cl)cc12. The maximum atomic E-state index is 6.03. The first-order chi connectivity index (χ1) is 9.16. The van der Waals surface area contributed by atoms with Crippen LogP contribution >= 0.6 is 11.6 Å². The molecule has 0 N–H and O–H groups in total. The van der Waals surface area contributed by atoms with Crippen molar-refractivity contribution in [3.05, 3.63) is 23.1 Å². The third-order valence-electron chi connectivity index (χ3n) is 3.59. The first kappa shape index (κ1) is 12.6. The summed E-state index contributed by atoms with van der Waals surface area (Å²) in [6, 6.07) is 1.90. The van der Waals surface area contributed by atoms with Gasteiger partial charge in [-0.2, -0.15) is 5.10 Å². The van der Waals surface area contributed by atoms with Crippen LogP contribution in [-0.2, 0) is 0 Å². The second-order valence-electron chi connectivity index (χ2n) is 5.31. The molecular weight excluding hydrogens is 260 g/mol. The molecular formula is C14H17ClN4. The Morgan fingerprint density at radius 1 is 1.16 bits per heavy atom. The summed E-state index contributed by atoms with van der Waals surface area (Å²) >= 11 is 6.03. The molecule has 5 heteroatoms. The van der Waals surface area contributed by atoms with Crippen LogP contribution in [0.4, 0.5) is 5.82 Å². The lowest BCUT2D eigenvalue weighted by molar-refractivity contribution is 0.789. The first-order valence-corrected chi connectivity index (χ1v) is 7.11. The average molecular weight is 277 g/mol. The molecule has 0 bridgehead atoms. The molecule has 0 atom stereocenters. The fourth-order valence-electron chi connectivity index (χ4n) is 2.62. The molecule has 0 amide bonds. The van der Waals surface area contributed by atoms with E-state index in [9.17, 15) is 0 Å².